The van der Waals surface area contributed by atoms with E-state index in [1.165, 1.54) is 12.1 Å². The van der Waals surface area contributed by atoms with E-state index in [0.29, 0.717) is 6.04 Å². The molecule has 1 N–H and O–H groups in total. The molecule has 1 heterocycles. The smallest absolute Gasteiger partial charge is 0.310 e. The van der Waals surface area contributed by atoms with Gasteiger partial charge in [-0.15, -0.1) is 0 Å². The Morgan fingerprint density at radius 3 is 2.40 bits per heavy atom. The van der Waals surface area contributed by atoms with Crippen molar-refractivity contribution < 1.29 is 8.78 Å². The number of halogens is 3. The Bertz CT molecular complexity index is 325. The first-order valence-corrected chi connectivity index (χ1v) is 6.06. The number of benzene rings is 1. The van der Waals surface area contributed by atoms with E-state index >= 15 is 0 Å². The van der Waals surface area contributed by atoms with Crippen molar-refractivity contribution in [3.8, 4) is 0 Å². The van der Waals surface area contributed by atoms with Crippen LogP contribution in [0.15, 0.2) is 24.3 Å². The number of rotatable bonds is 2. The zero-order valence-corrected chi connectivity index (χ0v) is 10.3. The van der Waals surface area contributed by atoms with Gasteiger partial charge in [-0.2, -0.15) is 8.78 Å². The maximum absolute atomic E-state index is 12.9. The van der Waals surface area contributed by atoms with Gasteiger partial charge in [-0.1, -0.05) is 24.3 Å². The van der Waals surface area contributed by atoms with E-state index in [9.17, 15) is 8.78 Å². The topological polar surface area (TPSA) is 12.0 Å². The van der Waals surface area contributed by atoms with Crippen molar-refractivity contribution in [1.82, 2.24) is 5.32 Å². The first-order valence-electron chi connectivity index (χ1n) is 4.98. The zero-order valence-electron chi connectivity index (χ0n) is 8.14. The predicted molar refractivity (Wildman–Crippen MR) is 64.3 cm³/mol. The van der Waals surface area contributed by atoms with Crippen molar-refractivity contribution >= 4 is 22.6 Å². The Labute approximate surface area is 101 Å². The van der Waals surface area contributed by atoms with Crippen LogP contribution in [0.25, 0.3) is 0 Å². The number of hydrogen-bond donors (Lipinski definition) is 1. The summed E-state index contributed by atoms with van der Waals surface area (Å²) in [5.74, 6) is 0. The molecule has 15 heavy (non-hydrogen) atoms. The van der Waals surface area contributed by atoms with E-state index in [1.54, 1.807) is 12.1 Å². The fraction of sp³-hybridized carbons (Fsp3) is 0.455. The SMILES string of the molecule is FC(F)(I)c1ccc(C2CCCN2)cc1. The Morgan fingerprint density at radius 2 is 1.93 bits per heavy atom. The Balaban J connectivity index is 2.16. The van der Waals surface area contributed by atoms with Gasteiger partial charge in [0.2, 0.25) is 0 Å². The minimum absolute atomic E-state index is 0.0739. The molecule has 0 spiro atoms. The number of hydrogen-bond acceptors (Lipinski definition) is 1. The first-order chi connectivity index (χ1) is 7.07. The van der Waals surface area contributed by atoms with Crippen molar-refractivity contribution in [1.29, 1.82) is 0 Å². The van der Waals surface area contributed by atoms with Gasteiger partial charge in [0.1, 0.15) is 0 Å². The standard InChI is InChI=1S/C11H12F2IN/c12-11(13,14)9-5-3-8(4-6-9)10-2-1-7-15-10/h3-6,10,15H,1-2,7H2. The molecule has 0 aliphatic carbocycles. The summed E-state index contributed by atoms with van der Waals surface area (Å²) in [5.41, 5.74) is 1.18. The molecule has 1 aromatic carbocycles. The quantitative estimate of drug-likeness (QED) is 0.648. The molecule has 0 bridgehead atoms. The summed E-state index contributed by atoms with van der Waals surface area (Å²) in [6.45, 7) is 1.02. The van der Waals surface area contributed by atoms with Crippen molar-refractivity contribution in [2.45, 2.75) is 22.8 Å². The summed E-state index contributed by atoms with van der Waals surface area (Å²) >= 11 is 1.15. The van der Waals surface area contributed by atoms with Gasteiger partial charge in [0.15, 0.2) is 0 Å². The second kappa shape index (κ2) is 4.33. The van der Waals surface area contributed by atoms with Gasteiger partial charge < -0.3 is 5.32 Å². The van der Waals surface area contributed by atoms with E-state index in [1.807, 2.05) is 0 Å². The third-order valence-electron chi connectivity index (χ3n) is 2.70. The fourth-order valence-electron chi connectivity index (χ4n) is 1.87. The van der Waals surface area contributed by atoms with Crippen LogP contribution < -0.4 is 5.32 Å². The van der Waals surface area contributed by atoms with E-state index in [0.717, 1.165) is 47.5 Å². The maximum atomic E-state index is 12.9. The van der Waals surface area contributed by atoms with Crippen LogP contribution in [0.1, 0.15) is 30.0 Å². The van der Waals surface area contributed by atoms with E-state index in [4.69, 9.17) is 0 Å². The van der Waals surface area contributed by atoms with Crippen LogP contribution in [0.2, 0.25) is 0 Å². The molecule has 0 radical (unpaired) electrons. The van der Waals surface area contributed by atoms with Crippen LogP contribution in [0.5, 0.6) is 0 Å². The van der Waals surface area contributed by atoms with E-state index in [2.05, 4.69) is 5.32 Å². The molecule has 0 amide bonds. The van der Waals surface area contributed by atoms with E-state index < -0.39 is 3.93 Å². The lowest BCUT2D eigenvalue weighted by Gasteiger charge is -2.13. The normalized spacial score (nSPS) is 21.9. The van der Waals surface area contributed by atoms with Gasteiger partial charge in [-0.25, -0.2) is 0 Å². The zero-order chi connectivity index (χ0) is 10.9. The molecule has 1 fully saturated rings. The molecule has 1 unspecified atom stereocenters. The average molecular weight is 323 g/mol. The Morgan fingerprint density at radius 1 is 1.27 bits per heavy atom. The molecule has 2 rings (SSSR count). The lowest BCUT2D eigenvalue weighted by molar-refractivity contribution is 0.127. The molecular weight excluding hydrogens is 311 g/mol. The molecular formula is C11H12F2IN. The lowest BCUT2D eigenvalue weighted by atomic mass is 10.0. The van der Waals surface area contributed by atoms with Crippen LogP contribution in [0.4, 0.5) is 8.78 Å². The minimum Gasteiger partial charge on any atom is -0.310 e. The van der Waals surface area contributed by atoms with Gasteiger partial charge >= 0.3 is 3.93 Å². The molecule has 82 valence electrons. The van der Waals surface area contributed by atoms with Crippen LogP contribution >= 0.6 is 22.6 Å². The molecule has 1 atom stereocenters. The summed E-state index contributed by atoms with van der Waals surface area (Å²) in [4.78, 5) is 0. The molecule has 0 aromatic heterocycles. The third kappa shape index (κ3) is 2.66. The lowest BCUT2D eigenvalue weighted by Crippen LogP contribution is -2.13. The van der Waals surface area contributed by atoms with Crippen molar-refractivity contribution in [3.63, 3.8) is 0 Å². The monoisotopic (exact) mass is 323 g/mol. The average Bonchev–Trinajstić information content (AvgIpc) is 2.69. The van der Waals surface area contributed by atoms with Gasteiger partial charge in [-0.3, -0.25) is 0 Å². The molecule has 1 saturated heterocycles. The summed E-state index contributed by atoms with van der Waals surface area (Å²) in [6.07, 6.45) is 2.26. The van der Waals surface area contributed by atoms with E-state index in [-0.39, 0.29) is 5.56 Å². The summed E-state index contributed by atoms with van der Waals surface area (Å²) in [6, 6.07) is 6.97. The first kappa shape index (κ1) is 11.3. The highest BCUT2D eigenvalue weighted by Gasteiger charge is 2.26. The van der Waals surface area contributed by atoms with Crippen LogP contribution in [-0.2, 0) is 3.93 Å². The van der Waals surface area contributed by atoms with Gasteiger partial charge in [0.05, 0.1) is 0 Å². The number of alkyl halides is 3. The van der Waals surface area contributed by atoms with Gasteiger partial charge in [0, 0.05) is 34.2 Å². The summed E-state index contributed by atoms with van der Waals surface area (Å²) in [5, 5.41) is 3.34. The van der Waals surface area contributed by atoms with Crippen LogP contribution in [0.3, 0.4) is 0 Å². The maximum Gasteiger partial charge on any atom is 0.321 e. The fourth-order valence-corrected chi connectivity index (χ4v) is 2.23. The molecule has 0 saturated carbocycles. The van der Waals surface area contributed by atoms with Crippen LogP contribution in [-0.4, -0.2) is 6.54 Å². The Kier molecular flexibility index (Phi) is 3.25. The summed E-state index contributed by atoms with van der Waals surface area (Å²) in [7, 11) is 0. The Hall–Kier alpha value is -0.230. The molecule has 1 aromatic rings. The molecule has 1 aliphatic rings. The molecule has 1 aliphatic heterocycles. The minimum atomic E-state index is -2.76. The highest BCUT2D eigenvalue weighted by atomic mass is 127. The summed E-state index contributed by atoms with van der Waals surface area (Å²) < 4.78 is 23.1. The predicted octanol–water partition coefficient (Wildman–Crippen LogP) is 3.60. The second-order valence-electron chi connectivity index (χ2n) is 3.77. The number of nitrogens with one attached hydrogen (secondary N) is 1. The highest BCUT2D eigenvalue weighted by molar-refractivity contribution is 14.1. The van der Waals surface area contributed by atoms with Crippen molar-refractivity contribution in [2.75, 3.05) is 6.54 Å². The van der Waals surface area contributed by atoms with Crippen LogP contribution in [0, 0.1) is 0 Å². The molecule has 4 heteroatoms. The molecule has 1 nitrogen and oxygen atoms in total. The van der Waals surface area contributed by atoms with Crippen molar-refractivity contribution in [3.05, 3.63) is 35.4 Å². The largest absolute Gasteiger partial charge is 0.321 e. The van der Waals surface area contributed by atoms with Gasteiger partial charge in [0.25, 0.3) is 0 Å². The highest BCUT2D eigenvalue weighted by Crippen LogP contribution is 2.35. The van der Waals surface area contributed by atoms with Gasteiger partial charge in [-0.05, 0) is 24.9 Å². The third-order valence-corrected chi connectivity index (χ3v) is 3.32. The second-order valence-corrected chi connectivity index (χ2v) is 5.12. The van der Waals surface area contributed by atoms with Crippen molar-refractivity contribution in [2.24, 2.45) is 0 Å².